The minimum Gasteiger partial charge on any atom is -0.466 e. The molecule has 2 N–H and O–H groups in total. The molecule has 2 rings (SSSR count). The van der Waals surface area contributed by atoms with Gasteiger partial charge in [-0.3, -0.25) is 0 Å². The summed E-state index contributed by atoms with van der Waals surface area (Å²) in [6, 6.07) is 6.11. The molecule has 0 bridgehead atoms. The SMILES string of the molecule is COCC1=C(C(=O)OC)[C@@H](c2ccc(F)c(Br)c2)C(C#N)=C(N)O1. The largest absolute Gasteiger partial charge is 0.466 e. The van der Waals surface area contributed by atoms with E-state index in [1.807, 2.05) is 6.07 Å². The van der Waals surface area contributed by atoms with Crippen LogP contribution in [0.3, 0.4) is 0 Å². The number of nitrogens with two attached hydrogens (primary N) is 1. The smallest absolute Gasteiger partial charge is 0.338 e. The van der Waals surface area contributed by atoms with Crippen LogP contribution in [0.5, 0.6) is 0 Å². The first-order valence-corrected chi connectivity index (χ1v) is 7.56. The minimum atomic E-state index is -0.849. The van der Waals surface area contributed by atoms with E-state index in [2.05, 4.69) is 15.9 Å². The van der Waals surface area contributed by atoms with Crippen molar-refractivity contribution in [2.45, 2.75) is 5.92 Å². The van der Waals surface area contributed by atoms with Crippen LogP contribution >= 0.6 is 15.9 Å². The molecule has 8 heteroatoms. The Bertz CT molecular complexity index is 783. The number of carbonyl (C=O) groups excluding carboxylic acids is 1. The van der Waals surface area contributed by atoms with Gasteiger partial charge in [-0.1, -0.05) is 6.07 Å². The highest BCUT2D eigenvalue weighted by atomic mass is 79.9. The van der Waals surface area contributed by atoms with Crippen molar-refractivity contribution >= 4 is 21.9 Å². The van der Waals surface area contributed by atoms with Crippen LogP contribution < -0.4 is 5.73 Å². The standard InChI is InChI=1S/C16H14BrFN2O4/c1-22-7-12-14(16(21)23-2)13(9(6-19)15(20)24-12)8-3-4-11(18)10(17)5-8/h3-5,13H,7,20H2,1-2H3/t13-/m0/s1. The van der Waals surface area contributed by atoms with Crippen LogP contribution in [0.15, 0.2) is 45.5 Å². The molecule has 0 radical (unpaired) electrons. The Kier molecular flexibility index (Phi) is 5.59. The van der Waals surface area contributed by atoms with Crippen LogP contribution in [0.1, 0.15) is 11.5 Å². The van der Waals surface area contributed by atoms with Gasteiger partial charge in [-0.2, -0.15) is 5.26 Å². The fraction of sp³-hybridized carbons (Fsp3) is 0.250. The number of nitrogens with zero attached hydrogens (tertiary/aromatic N) is 1. The predicted molar refractivity (Wildman–Crippen MR) is 85.7 cm³/mol. The van der Waals surface area contributed by atoms with E-state index >= 15 is 0 Å². The number of hydrogen-bond acceptors (Lipinski definition) is 6. The third-order valence-electron chi connectivity index (χ3n) is 3.45. The van der Waals surface area contributed by atoms with Crippen molar-refractivity contribution in [1.29, 1.82) is 5.26 Å². The number of nitriles is 1. The number of halogens is 2. The highest BCUT2D eigenvalue weighted by Crippen LogP contribution is 2.40. The normalized spacial score (nSPS) is 17.4. The molecule has 0 amide bonds. The van der Waals surface area contributed by atoms with E-state index in [1.54, 1.807) is 0 Å². The topological polar surface area (TPSA) is 94.6 Å². The van der Waals surface area contributed by atoms with E-state index in [1.165, 1.54) is 32.4 Å². The second-order valence-electron chi connectivity index (χ2n) is 4.86. The van der Waals surface area contributed by atoms with Gasteiger partial charge in [0.2, 0.25) is 5.88 Å². The zero-order valence-electron chi connectivity index (χ0n) is 12.9. The van der Waals surface area contributed by atoms with Crippen LogP contribution in [-0.2, 0) is 19.0 Å². The molecule has 1 aromatic carbocycles. The van der Waals surface area contributed by atoms with Crippen molar-refractivity contribution in [3.8, 4) is 6.07 Å². The van der Waals surface area contributed by atoms with Gasteiger partial charge in [0.25, 0.3) is 0 Å². The van der Waals surface area contributed by atoms with E-state index in [-0.39, 0.29) is 33.9 Å². The van der Waals surface area contributed by atoms with Gasteiger partial charge in [0, 0.05) is 7.11 Å². The lowest BCUT2D eigenvalue weighted by Gasteiger charge is -2.27. The zero-order chi connectivity index (χ0) is 17.9. The van der Waals surface area contributed by atoms with Gasteiger partial charge in [-0.25, -0.2) is 9.18 Å². The molecule has 1 heterocycles. The Hall–Kier alpha value is -2.37. The molecule has 1 aromatic rings. The quantitative estimate of drug-likeness (QED) is 0.785. The van der Waals surface area contributed by atoms with Crippen molar-refractivity contribution in [3.05, 3.63) is 56.8 Å². The zero-order valence-corrected chi connectivity index (χ0v) is 14.5. The fourth-order valence-corrected chi connectivity index (χ4v) is 2.81. The van der Waals surface area contributed by atoms with E-state index < -0.39 is 17.7 Å². The maximum atomic E-state index is 13.5. The third-order valence-corrected chi connectivity index (χ3v) is 4.06. The second kappa shape index (κ2) is 7.47. The van der Waals surface area contributed by atoms with Crippen molar-refractivity contribution in [1.82, 2.24) is 0 Å². The van der Waals surface area contributed by atoms with Gasteiger partial charge < -0.3 is 19.9 Å². The second-order valence-corrected chi connectivity index (χ2v) is 5.71. The van der Waals surface area contributed by atoms with Crippen LogP contribution in [0.4, 0.5) is 4.39 Å². The number of esters is 1. The Morgan fingerprint density at radius 1 is 1.50 bits per heavy atom. The molecule has 0 unspecified atom stereocenters. The Labute approximate surface area is 146 Å². The summed E-state index contributed by atoms with van der Waals surface area (Å²) in [5.74, 6) is -2.00. The van der Waals surface area contributed by atoms with Gasteiger partial charge in [-0.15, -0.1) is 0 Å². The van der Waals surface area contributed by atoms with Gasteiger partial charge >= 0.3 is 5.97 Å². The summed E-state index contributed by atoms with van der Waals surface area (Å²) in [5.41, 5.74) is 6.43. The molecule has 0 aromatic heterocycles. The van der Waals surface area contributed by atoms with Gasteiger partial charge in [0.1, 0.15) is 29.8 Å². The maximum Gasteiger partial charge on any atom is 0.338 e. The molecule has 24 heavy (non-hydrogen) atoms. The monoisotopic (exact) mass is 396 g/mol. The predicted octanol–water partition coefficient (Wildman–Crippen LogP) is 2.47. The van der Waals surface area contributed by atoms with Crippen molar-refractivity contribution in [2.75, 3.05) is 20.8 Å². The first-order chi connectivity index (χ1) is 11.4. The summed E-state index contributed by atoms with van der Waals surface area (Å²) in [6.07, 6.45) is 0. The number of hydrogen-bond donors (Lipinski definition) is 1. The molecule has 6 nitrogen and oxygen atoms in total. The molecule has 1 aliphatic heterocycles. The average molecular weight is 397 g/mol. The highest BCUT2D eigenvalue weighted by molar-refractivity contribution is 9.10. The molecular weight excluding hydrogens is 383 g/mol. The van der Waals surface area contributed by atoms with Crippen molar-refractivity contribution < 1.29 is 23.4 Å². The van der Waals surface area contributed by atoms with E-state index in [9.17, 15) is 14.4 Å². The minimum absolute atomic E-state index is 0.0359. The molecule has 126 valence electrons. The van der Waals surface area contributed by atoms with Crippen LogP contribution in [0, 0.1) is 17.1 Å². The van der Waals surface area contributed by atoms with Crippen LogP contribution in [-0.4, -0.2) is 26.8 Å². The maximum absolute atomic E-state index is 13.5. The van der Waals surface area contributed by atoms with E-state index in [0.29, 0.717) is 5.56 Å². The molecule has 0 aliphatic carbocycles. The summed E-state index contributed by atoms with van der Waals surface area (Å²) >= 11 is 3.10. The van der Waals surface area contributed by atoms with Crippen molar-refractivity contribution in [3.63, 3.8) is 0 Å². The lowest BCUT2D eigenvalue weighted by Crippen LogP contribution is -2.27. The van der Waals surface area contributed by atoms with Crippen LogP contribution in [0.2, 0.25) is 0 Å². The average Bonchev–Trinajstić information content (AvgIpc) is 2.56. The molecule has 1 atom stereocenters. The summed E-state index contributed by atoms with van der Waals surface area (Å²) < 4.78 is 29.0. The molecule has 0 fully saturated rings. The van der Waals surface area contributed by atoms with E-state index in [4.69, 9.17) is 19.9 Å². The van der Waals surface area contributed by atoms with Crippen molar-refractivity contribution in [2.24, 2.45) is 5.73 Å². The van der Waals surface area contributed by atoms with Gasteiger partial charge in [0.15, 0.2) is 0 Å². The number of carbonyl (C=O) groups is 1. The number of benzene rings is 1. The Balaban J connectivity index is 2.70. The first kappa shape index (κ1) is 18.0. The summed E-state index contributed by atoms with van der Waals surface area (Å²) in [6.45, 7) is -0.0390. The lowest BCUT2D eigenvalue weighted by atomic mass is 9.83. The Morgan fingerprint density at radius 2 is 2.21 bits per heavy atom. The molecule has 0 saturated carbocycles. The molecule has 1 aliphatic rings. The first-order valence-electron chi connectivity index (χ1n) is 6.77. The fourth-order valence-electron chi connectivity index (χ4n) is 2.42. The van der Waals surface area contributed by atoms with Gasteiger partial charge in [0.05, 0.1) is 23.1 Å². The molecule has 0 saturated heterocycles. The molecule has 0 spiro atoms. The Morgan fingerprint density at radius 3 is 2.75 bits per heavy atom. The van der Waals surface area contributed by atoms with Crippen LogP contribution in [0.25, 0.3) is 0 Å². The molecular formula is C16H14BrFN2O4. The lowest BCUT2D eigenvalue weighted by molar-refractivity contribution is -0.136. The summed E-state index contributed by atoms with van der Waals surface area (Å²) in [4.78, 5) is 12.3. The highest BCUT2D eigenvalue weighted by Gasteiger charge is 2.37. The number of rotatable bonds is 4. The summed E-state index contributed by atoms with van der Waals surface area (Å²) in [5, 5.41) is 9.45. The van der Waals surface area contributed by atoms with Gasteiger partial charge in [-0.05, 0) is 33.6 Å². The number of allylic oxidation sites excluding steroid dienone is 1. The van der Waals surface area contributed by atoms with E-state index in [0.717, 1.165) is 0 Å². The number of methoxy groups -OCH3 is 2. The third kappa shape index (κ3) is 3.27. The summed E-state index contributed by atoms with van der Waals surface area (Å²) in [7, 11) is 2.64. The number of ether oxygens (including phenoxy) is 3.